The van der Waals surface area contributed by atoms with Crippen molar-refractivity contribution in [3.05, 3.63) is 23.8 Å². The van der Waals surface area contributed by atoms with Gasteiger partial charge in [-0.1, -0.05) is 19.1 Å². The Balaban J connectivity index is 2.27. The molecule has 1 aromatic rings. The van der Waals surface area contributed by atoms with Crippen LogP contribution in [0.5, 0.6) is 0 Å². The summed E-state index contributed by atoms with van der Waals surface area (Å²) in [6.45, 7) is 2.20. The lowest BCUT2D eigenvalue weighted by molar-refractivity contribution is 0.633. The molecule has 0 amide bonds. The summed E-state index contributed by atoms with van der Waals surface area (Å²) in [7, 11) is 2.17. The van der Waals surface area contributed by atoms with Crippen LogP contribution < -0.4 is 4.90 Å². The zero-order valence-electron chi connectivity index (χ0n) is 10.4. The molecule has 17 heavy (non-hydrogen) atoms. The van der Waals surface area contributed by atoms with Crippen LogP contribution in [-0.2, 0) is 6.42 Å². The standard InChI is InChI=1S/C14H18N2S/c1-3-11-6-4-8-13-14(11)16(2)12(10-17-13)7-5-9-15/h4,6,8,12H,3,5,7,10H2,1-2H3. The first kappa shape index (κ1) is 12.3. The fraction of sp³-hybridized carbons (Fsp3) is 0.500. The van der Waals surface area contributed by atoms with Crippen molar-refractivity contribution in [2.45, 2.75) is 37.1 Å². The zero-order chi connectivity index (χ0) is 12.3. The third kappa shape index (κ3) is 2.42. The SMILES string of the molecule is CCc1cccc2c1N(C)C(CCC#N)CS2. The summed E-state index contributed by atoms with van der Waals surface area (Å²) in [6.07, 6.45) is 2.69. The number of rotatable bonds is 3. The van der Waals surface area contributed by atoms with E-state index in [1.807, 2.05) is 11.8 Å². The molecule has 0 fully saturated rings. The van der Waals surface area contributed by atoms with Gasteiger partial charge in [-0.05, 0) is 24.5 Å². The molecule has 2 rings (SSSR count). The number of nitrogens with zero attached hydrogens (tertiary/aromatic N) is 2. The molecule has 2 nitrogen and oxygen atoms in total. The van der Waals surface area contributed by atoms with Crippen LogP contribution in [0.25, 0.3) is 0 Å². The minimum atomic E-state index is 0.500. The van der Waals surface area contributed by atoms with Crippen molar-refractivity contribution in [2.24, 2.45) is 0 Å². The van der Waals surface area contributed by atoms with Crippen molar-refractivity contribution in [3.63, 3.8) is 0 Å². The van der Waals surface area contributed by atoms with Crippen molar-refractivity contribution < 1.29 is 0 Å². The Kier molecular flexibility index (Phi) is 3.96. The molecule has 1 atom stereocenters. The Hall–Kier alpha value is -1.14. The summed E-state index contributed by atoms with van der Waals surface area (Å²) in [5.74, 6) is 1.10. The van der Waals surface area contributed by atoms with E-state index in [9.17, 15) is 0 Å². The molecular weight excluding hydrogens is 228 g/mol. The Bertz CT molecular complexity index is 422. The smallest absolute Gasteiger partial charge is 0.0622 e. The number of anilines is 1. The van der Waals surface area contributed by atoms with Gasteiger partial charge in [0.05, 0.1) is 11.8 Å². The first-order valence-corrected chi connectivity index (χ1v) is 7.11. The second-order valence-corrected chi connectivity index (χ2v) is 5.45. The molecule has 0 aliphatic carbocycles. The van der Waals surface area contributed by atoms with E-state index >= 15 is 0 Å². The van der Waals surface area contributed by atoms with Crippen LogP contribution in [0.4, 0.5) is 5.69 Å². The normalized spacial score (nSPS) is 18.6. The average Bonchev–Trinajstić information content (AvgIpc) is 2.37. The number of hydrogen-bond acceptors (Lipinski definition) is 3. The molecule has 0 N–H and O–H groups in total. The van der Waals surface area contributed by atoms with Crippen LogP contribution in [0.3, 0.4) is 0 Å². The minimum Gasteiger partial charge on any atom is -0.370 e. The van der Waals surface area contributed by atoms with E-state index in [1.54, 1.807) is 0 Å². The molecule has 1 aromatic carbocycles. The summed E-state index contributed by atoms with van der Waals surface area (Å²) >= 11 is 1.93. The van der Waals surface area contributed by atoms with Gasteiger partial charge in [-0.3, -0.25) is 0 Å². The molecule has 0 saturated heterocycles. The van der Waals surface area contributed by atoms with Crippen LogP contribution in [-0.4, -0.2) is 18.8 Å². The van der Waals surface area contributed by atoms with E-state index < -0.39 is 0 Å². The van der Waals surface area contributed by atoms with Crippen molar-refractivity contribution in [1.82, 2.24) is 0 Å². The summed E-state index contributed by atoms with van der Waals surface area (Å²) in [5, 5.41) is 8.70. The van der Waals surface area contributed by atoms with Crippen molar-refractivity contribution in [1.29, 1.82) is 5.26 Å². The number of nitriles is 1. The predicted octanol–water partition coefficient (Wildman–Crippen LogP) is 3.46. The third-order valence-electron chi connectivity index (χ3n) is 3.38. The third-order valence-corrected chi connectivity index (χ3v) is 4.58. The van der Waals surface area contributed by atoms with Gasteiger partial charge in [0.15, 0.2) is 0 Å². The maximum Gasteiger partial charge on any atom is 0.0622 e. The maximum absolute atomic E-state index is 8.70. The largest absolute Gasteiger partial charge is 0.370 e. The summed E-state index contributed by atoms with van der Waals surface area (Å²) in [4.78, 5) is 3.77. The Morgan fingerprint density at radius 2 is 2.35 bits per heavy atom. The lowest BCUT2D eigenvalue weighted by Crippen LogP contribution is -2.37. The lowest BCUT2D eigenvalue weighted by atomic mass is 10.1. The zero-order valence-corrected chi connectivity index (χ0v) is 11.3. The minimum absolute atomic E-state index is 0.500. The van der Waals surface area contributed by atoms with Crippen molar-refractivity contribution in [3.8, 4) is 6.07 Å². The molecule has 0 aromatic heterocycles. The first-order valence-electron chi connectivity index (χ1n) is 6.12. The predicted molar refractivity (Wildman–Crippen MR) is 73.6 cm³/mol. The molecule has 0 radical (unpaired) electrons. The van der Waals surface area contributed by atoms with Crippen LogP contribution in [0.1, 0.15) is 25.3 Å². The molecule has 0 spiro atoms. The number of benzene rings is 1. The highest BCUT2D eigenvalue weighted by Crippen LogP contribution is 2.40. The van der Waals surface area contributed by atoms with Gasteiger partial charge in [-0.25, -0.2) is 0 Å². The quantitative estimate of drug-likeness (QED) is 0.817. The molecule has 3 heteroatoms. The van der Waals surface area contributed by atoms with Crippen molar-refractivity contribution >= 4 is 17.4 Å². The van der Waals surface area contributed by atoms with Gasteiger partial charge in [0.25, 0.3) is 0 Å². The van der Waals surface area contributed by atoms with Gasteiger partial charge in [-0.2, -0.15) is 5.26 Å². The monoisotopic (exact) mass is 246 g/mol. The number of para-hydroxylation sites is 1. The lowest BCUT2D eigenvalue weighted by Gasteiger charge is -2.36. The van der Waals surface area contributed by atoms with E-state index in [0.29, 0.717) is 12.5 Å². The van der Waals surface area contributed by atoms with Crippen LogP contribution in [0.15, 0.2) is 23.1 Å². The maximum atomic E-state index is 8.70. The molecule has 1 heterocycles. The molecule has 90 valence electrons. The molecule has 0 bridgehead atoms. The van der Waals surface area contributed by atoms with Gasteiger partial charge >= 0.3 is 0 Å². The number of aryl methyl sites for hydroxylation is 1. The van der Waals surface area contributed by atoms with Crippen molar-refractivity contribution in [2.75, 3.05) is 17.7 Å². The van der Waals surface area contributed by atoms with Crippen LogP contribution >= 0.6 is 11.8 Å². The highest BCUT2D eigenvalue weighted by Gasteiger charge is 2.25. The second kappa shape index (κ2) is 5.46. The van der Waals surface area contributed by atoms with E-state index in [4.69, 9.17) is 5.26 Å². The number of fused-ring (bicyclic) bond motifs is 1. The molecule has 0 saturated carbocycles. The molecule has 1 aliphatic heterocycles. The van der Waals surface area contributed by atoms with Gasteiger partial charge in [0.1, 0.15) is 0 Å². The van der Waals surface area contributed by atoms with Crippen LogP contribution in [0, 0.1) is 11.3 Å². The first-order chi connectivity index (χ1) is 8.27. The van der Waals surface area contributed by atoms with Gasteiger partial charge in [-0.15, -0.1) is 11.8 Å². The van der Waals surface area contributed by atoms with Gasteiger partial charge in [0.2, 0.25) is 0 Å². The summed E-state index contributed by atoms with van der Waals surface area (Å²) < 4.78 is 0. The highest BCUT2D eigenvalue weighted by molar-refractivity contribution is 7.99. The fourth-order valence-electron chi connectivity index (χ4n) is 2.36. The molecular formula is C14H18N2S. The van der Waals surface area contributed by atoms with Gasteiger partial charge in [0, 0.05) is 30.2 Å². The number of hydrogen-bond donors (Lipinski definition) is 0. The van der Waals surface area contributed by atoms with Gasteiger partial charge < -0.3 is 4.90 Å². The second-order valence-electron chi connectivity index (χ2n) is 4.39. The topological polar surface area (TPSA) is 27.0 Å². The van der Waals surface area contributed by atoms with E-state index in [0.717, 1.165) is 18.6 Å². The van der Waals surface area contributed by atoms with E-state index in [2.05, 4.69) is 43.1 Å². The Morgan fingerprint density at radius 1 is 1.53 bits per heavy atom. The number of thioether (sulfide) groups is 1. The Labute approximate surface area is 108 Å². The molecule has 1 unspecified atom stereocenters. The average molecular weight is 246 g/mol. The van der Waals surface area contributed by atoms with Crippen LogP contribution in [0.2, 0.25) is 0 Å². The van der Waals surface area contributed by atoms with E-state index in [1.165, 1.54) is 16.1 Å². The summed E-state index contributed by atoms with van der Waals surface area (Å²) in [6, 6.07) is 9.31. The fourth-order valence-corrected chi connectivity index (χ4v) is 3.71. The summed E-state index contributed by atoms with van der Waals surface area (Å²) in [5.41, 5.74) is 2.80. The van der Waals surface area contributed by atoms with E-state index in [-0.39, 0.29) is 0 Å². The highest BCUT2D eigenvalue weighted by atomic mass is 32.2. The Morgan fingerprint density at radius 3 is 3.06 bits per heavy atom. The molecule has 1 aliphatic rings.